The van der Waals surface area contributed by atoms with Crippen LogP contribution in [0, 0.1) is 11.3 Å². The summed E-state index contributed by atoms with van der Waals surface area (Å²) in [6, 6.07) is 15.2. The van der Waals surface area contributed by atoms with Gasteiger partial charge >= 0.3 is 0 Å². The Morgan fingerprint density at radius 1 is 1.04 bits per heavy atom. The molecule has 0 unspecified atom stereocenters. The number of halogens is 2. The van der Waals surface area contributed by atoms with Gasteiger partial charge in [-0.2, -0.15) is 5.26 Å². The van der Waals surface area contributed by atoms with Crippen LogP contribution in [0.15, 0.2) is 42.5 Å². The molecule has 6 heteroatoms. The average Bonchev–Trinajstić information content (AvgIpc) is 2.68. The standard InChI is InChI=1S/C20H21Cl2N3O/c21-18-6-2-7-19(20(18)22)25-11-9-24(10-12-25)8-3-13-26-17-5-1-4-16(14-17)15-23/h1-2,4-7,14H,3,8-13H2. The van der Waals surface area contributed by atoms with E-state index in [1.807, 2.05) is 30.3 Å². The zero-order valence-corrected chi connectivity index (χ0v) is 16.0. The number of nitriles is 1. The number of hydrogen-bond donors (Lipinski definition) is 0. The van der Waals surface area contributed by atoms with E-state index in [4.69, 9.17) is 33.2 Å². The monoisotopic (exact) mass is 389 g/mol. The third-order valence-electron chi connectivity index (χ3n) is 4.49. The highest BCUT2D eigenvalue weighted by molar-refractivity contribution is 6.43. The van der Waals surface area contributed by atoms with Gasteiger partial charge < -0.3 is 9.64 Å². The number of anilines is 1. The van der Waals surface area contributed by atoms with Crippen LogP contribution in [-0.2, 0) is 0 Å². The summed E-state index contributed by atoms with van der Waals surface area (Å²) in [6.07, 6.45) is 0.953. The van der Waals surface area contributed by atoms with Crippen molar-refractivity contribution < 1.29 is 4.74 Å². The van der Waals surface area contributed by atoms with Crippen LogP contribution in [0.1, 0.15) is 12.0 Å². The highest BCUT2D eigenvalue weighted by atomic mass is 35.5. The predicted molar refractivity (Wildman–Crippen MR) is 106 cm³/mol. The quantitative estimate of drug-likeness (QED) is 0.683. The topological polar surface area (TPSA) is 39.5 Å². The van der Waals surface area contributed by atoms with Gasteiger partial charge in [-0.3, -0.25) is 4.90 Å². The molecule has 0 saturated carbocycles. The van der Waals surface area contributed by atoms with Gasteiger partial charge in [-0.25, -0.2) is 0 Å². The van der Waals surface area contributed by atoms with Gasteiger partial charge in [0.25, 0.3) is 0 Å². The van der Waals surface area contributed by atoms with E-state index in [0.717, 1.165) is 50.6 Å². The molecule has 0 spiro atoms. The molecule has 0 bridgehead atoms. The number of rotatable bonds is 6. The minimum atomic E-state index is 0.601. The van der Waals surface area contributed by atoms with E-state index in [9.17, 15) is 0 Å². The Morgan fingerprint density at radius 2 is 1.81 bits per heavy atom. The highest BCUT2D eigenvalue weighted by Crippen LogP contribution is 2.32. The van der Waals surface area contributed by atoms with E-state index < -0.39 is 0 Å². The van der Waals surface area contributed by atoms with E-state index in [1.54, 1.807) is 12.1 Å². The lowest BCUT2D eigenvalue weighted by Gasteiger charge is -2.36. The summed E-state index contributed by atoms with van der Waals surface area (Å²) >= 11 is 12.4. The fourth-order valence-electron chi connectivity index (χ4n) is 3.08. The molecule has 0 aliphatic carbocycles. The number of benzene rings is 2. The van der Waals surface area contributed by atoms with Gasteiger partial charge in [-0.05, 0) is 36.8 Å². The van der Waals surface area contributed by atoms with Crippen LogP contribution >= 0.6 is 23.2 Å². The van der Waals surface area contributed by atoms with Crippen molar-refractivity contribution in [3.63, 3.8) is 0 Å². The molecule has 3 rings (SSSR count). The van der Waals surface area contributed by atoms with Crippen molar-refractivity contribution in [1.82, 2.24) is 4.90 Å². The smallest absolute Gasteiger partial charge is 0.120 e. The Kier molecular flexibility index (Phi) is 6.62. The lowest BCUT2D eigenvalue weighted by Crippen LogP contribution is -2.46. The molecule has 1 saturated heterocycles. The summed E-state index contributed by atoms with van der Waals surface area (Å²) in [5, 5.41) is 10.1. The maximum Gasteiger partial charge on any atom is 0.120 e. The van der Waals surface area contributed by atoms with Crippen molar-refractivity contribution in [2.24, 2.45) is 0 Å². The molecule has 0 aromatic heterocycles. The van der Waals surface area contributed by atoms with Crippen LogP contribution in [0.5, 0.6) is 5.75 Å². The Labute approximate surface area is 164 Å². The zero-order chi connectivity index (χ0) is 18.4. The first-order chi connectivity index (χ1) is 12.7. The van der Waals surface area contributed by atoms with Crippen LogP contribution in [-0.4, -0.2) is 44.2 Å². The molecule has 0 amide bonds. The first kappa shape index (κ1) is 18.8. The molecular weight excluding hydrogens is 369 g/mol. The van der Waals surface area contributed by atoms with Gasteiger partial charge in [0.05, 0.1) is 34.0 Å². The first-order valence-corrected chi connectivity index (χ1v) is 9.47. The fraction of sp³-hybridized carbons (Fsp3) is 0.350. The molecule has 136 valence electrons. The zero-order valence-electron chi connectivity index (χ0n) is 14.5. The van der Waals surface area contributed by atoms with Gasteiger partial charge in [-0.15, -0.1) is 0 Å². The van der Waals surface area contributed by atoms with E-state index in [2.05, 4.69) is 15.9 Å². The molecule has 1 aliphatic rings. The second kappa shape index (κ2) is 9.14. The van der Waals surface area contributed by atoms with Gasteiger partial charge in [-0.1, -0.05) is 35.3 Å². The number of ether oxygens (including phenoxy) is 1. The number of hydrogen-bond acceptors (Lipinski definition) is 4. The van der Waals surface area contributed by atoms with Crippen LogP contribution in [0.25, 0.3) is 0 Å². The van der Waals surface area contributed by atoms with Crippen LogP contribution in [0.3, 0.4) is 0 Å². The maximum absolute atomic E-state index is 8.91. The summed E-state index contributed by atoms with van der Waals surface area (Å²) in [7, 11) is 0. The molecule has 1 aliphatic heterocycles. The minimum absolute atomic E-state index is 0.601. The van der Waals surface area contributed by atoms with Gasteiger partial charge in [0, 0.05) is 32.7 Å². The molecule has 0 N–H and O–H groups in total. The van der Waals surface area contributed by atoms with E-state index >= 15 is 0 Å². The number of piperazine rings is 1. The highest BCUT2D eigenvalue weighted by Gasteiger charge is 2.19. The first-order valence-electron chi connectivity index (χ1n) is 8.71. The largest absolute Gasteiger partial charge is 0.494 e. The Bertz CT molecular complexity index is 783. The fourth-order valence-corrected chi connectivity index (χ4v) is 3.50. The van der Waals surface area contributed by atoms with E-state index in [1.165, 1.54) is 0 Å². The van der Waals surface area contributed by atoms with Crippen LogP contribution < -0.4 is 9.64 Å². The molecule has 1 fully saturated rings. The molecule has 0 atom stereocenters. The lowest BCUT2D eigenvalue weighted by molar-refractivity contribution is 0.224. The van der Waals surface area contributed by atoms with Crippen molar-refractivity contribution >= 4 is 28.9 Å². The van der Waals surface area contributed by atoms with Crippen LogP contribution in [0.4, 0.5) is 5.69 Å². The van der Waals surface area contributed by atoms with Crippen molar-refractivity contribution in [1.29, 1.82) is 5.26 Å². The van der Waals surface area contributed by atoms with Gasteiger partial charge in [0.2, 0.25) is 0 Å². The molecule has 0 radical (unpaired) electrons. The predicted octanol–water partition coefficient (Wildman–Crippen LogP) is 4.46. The van der Waals surface area contributed by atoms with Gasteiger partial charge in [0.1, 0.15) is 5.75 Å². The Balaban J connectivity index is 1.40. The van der Waals surface area contributed by atoms with Gasteiger partial charge in [0.15, 0.2) is 0 Å². The summed E-state index contributed by atoms with van der Waals surface area (Å²) in [4.78, 5) is 4.72. The summed E-state index contributed by atoms with van der Waals surface area (Å²) in [5.74, 6) is 0.754. The van der Waals surface area contributed by atoms with Crippen molar-refractivity contribution in [3.8, 4) is 11.8 Å². The van der Waals surface area contributed by atoms with E-state index in [-0.39, 0.29) is 0 Å². The van der Waals surface area contributed by atoms with Crippen molar-refractivity contribution in [2.75, 3.05) is 44.2 Å². The summed E-state index contributed by atoms with van der Waals surface area (Å²) in [6.45, 7) is 5.50. The number of nitrogens with zero attached hydrogens (tertiary/aromatic N) is 3. The second-order valence-corrected chi connectivity index (χ2v) is 7.03. The molecule has 26 heavy (non-hydrogen) atoms. The SMILES string of the molecule is N#Cc1cccc(OCCCN2CCN(c3cccc(Cl)c3Cl)CC2)c1. The van der Waals surface area contributed by atoms with Crippen molar-refractivity contribution in [3.05, 3.63) is 58.1 Å². The normalized spacial score (nSPS) is 14.9. The van der Waals surface area contributed by atoms with Crippen molar-refractivity contribution in [2.45, 2.75) is 6.42 Å². The minimum Gasteiger partial charge on any atom is -0.494 e. The lowest BCUT2D eigenvalue weighted by atomic mass is 10.2. The molecule has 1 heterocycles. The molecule has 2 aromatic rings. The Hall–Kier alpha value is -1.93. The molecule has 4 nitrogen and oxygen atoms in total. The third-order valence-corrected chi connectivity index (χ3v) is 5.30. The summed E-state index contributed by atoms with van der Waals surface area (Å²) in [5.41, 5.74) is 1.64. The van der Waals surface area contributed by atoms with E-state index in [0.29, 0.717) is 22.2 Å². The second-order valence-electron chi connectivity index (χ2n) is 6.24. The molecule has 2 aromatic carbocycles. The third kappa shape index (κ3) is 4.82. The molecular formula is C20H21Cl2N3O. The average molecular weight is 390 g/mol. The Morgan fingerprint density at radius 3 is 2.58 bits per heavy atom. The maximum atomic E-state index is 8.91. The van der Waals surface area contributed by atoms with Crippen LogP contribution in [0.2, 0.25) is 10.0 Å². The summed E-state index contributed by atoms with van der Waals surface area (Å²) < 4.78 is 5.74.